The van der Waals surface area contributed by atoms with Crippen LogP contribution in [-0.2, 0) is 4.79 Å². The van der Waals surface area contributed by atoms with Crippen molar-refractivity contribution < 1.29 is 19.4 Å². The third-order valence-electron chi connectivity index (χ3n) is 1.91. The maximum Gasteiger partial charge on any atom is 0.337 e. The topological polar surface area (TPSA) is 75.6 Å². The molecule has 17 heavy (non-hydrogen) atoms. The lowest BCUT2D eigenvalue weighted by Crippen LogP contribution is -2.09. The van der Waals surface area contributed by atoms with Crippen molar-refractivity contribution in [2.24, 2.45) is 0 Å². The molecule has 0 aromatic heterocycles. The Morgan fingerprint density at radius 2 is 2.12 bits per heavy atom. The maximum absolute atomic E-state index is 11.0. The quantitative estimate of drug-likeness (QED) is 0.868. The molecule has 0 aliphatic rings. The van der Waals surface area contributed by atoms with Crippen molar-refractivity contribution in [2.75, 3.05) is 11.9 Å². The van der Waals surface area contributed by atoms with Crippen LogP contribution < -0.4 is 10.1 Å². The van der Waals surface area contributed by atoms with Crippen LogP contribution in [0.15, 0.2) is 12.1 Å². The summed E-state index contributed by atoms with van der Waals surface area (Å²) in [4.78, 5) is 21.9. The average Bonchev–Trinajstić information content (AvgIpc) is 2.21. The van der Waals surface area contributed by atoms with Crippen LogP contribution in [0.1, 0.15) is 24.2 Å². The lowest BCUT2D eigenvalue weighted by molar-refractivity contribution is -0.114. The van der Waals surface area contributed by atoms with Gasteiger partial charge in [-0.15, -0.1) is 0 Å². The molecule has 1 amide bonds. The number of carboxylic acid groups (broad SMARTS) is 1. The molecule has 0 aliphatic heterocycles. The highest BCUT2D eigenvalue weighted by molar-refractivity contribution is 6.33. The first-order valence-corrected chi connectivity index (χ1v) is 5.30. The molecule has 1 rings (SSSR count). The first-order valence-electron chi connectivity index (χ1n) is 4.93. The van der Waals surface area contributed by atoms with Crippen LogP contribution in [0.5, 0.6) is 5.75 Å². The van der Waals surface area contributed by atoms with Gasteiger partial charge >= 0.3 is 5.97 Å². The van der Waals surface area contributed by atoms with Crippen molar-refractivity contribution in [3.05, 3.63) is 22.7 Å². The minimum Gasteiger partial charge on any atom is -0.492 e. The van der Waals surface area contributed by atoms with E-state index < -0.39 is 5.97 Å². The number of nitrogens with one attached hydrogen (secondary N) is 1. The van der Waals surface area contributed by atoms with Crippen molar-refractivity contribution in [1.82, 2.24) is 0 Å². The van der Waals surface area contributed by atoms with Gasteiger partial charge in [0.05, 0.1) is 22.9 Å². The molecule has 0 atom stereocenters. The molecule has 0 bridgehead atoms. The molecule has 1 aromatic rings. The van der Waals surface area contributed by atoms with E-state index in [-0.39, 0.29) is 16.5 Å². The van der Waals surface area contributed by atoms with Gasteiger partial charge < -0.3 is 15.2 Å². The largest absolute Gasteiger partial charge is 0.492 e. The first-order chi connectivity index (χ1) is 7.95. The zero-order valence-electron chi connectivity index (χ0n) is 9.41. The van der Waals surface area contributed by atoms with Crippen molar-refractivity contribution >= 4 is 29.2 Å². The molecule has 5 nitrogen and oxygen atoms in total. The molecule has 0 radical (unpaired) electrons. The molecule has 2 N–H and O–H groups in total. The fourth-order valence-electron chi connectivity index (χ4n) is 1.28. The number of aromatic carboxylic acids is 1. The first kappa shape index (κ1) is 13.3. The van der Waals surface area contributed by atoms with E-state index in [2.05, 4.69) is 5.32 Å². The van der Waals surface area contributed by atoms with E-state index in [9.17, 15) is 9.59 Å². The maximum atomic E-state index is 11.0. The molecular weight excluding hydrogens is 246 g/mol. The second kappa shape index (κ2) is 5.54. The van der Waals surface area contributed by atoms with Crippen LogP contribution in [0.4, 0.5) is 5.69 Å². The zero-order chi connectivity index (χ0) is 13.0. The minimum absolute atomic E-state index is 0.0649. The summed E-state index contributed by atoms with van der Waals surface area (Å²) >= 11 is 5.80. The van der Waals surface area contributed by atoms with Crippen LogP contribution in [0, 0.1) is 0 Å². The summed E-state index contributed by atoms with van der Waals surface area (Å²) < 4.78 is 5.26. The minimum atomic E-state index is -1.16. The smallest absolute Gasteiger partial charge is 0.337 e. The van der Waals surface area contributed by atoms with Gasteiger partial charge in [-0.1, -0.05) is 11.6 Å². The second-order valence-electron chi connectivity index (χ2n) is 3.25. The molecule has 0 unspecified atom stereocenters. The standard InChI is InChI=1S/C11H12ClNO4/c1-3-17-10-5-8(12)7(11(15)16)4-9(10)13-6(2)14/h4-5H,3H2,1-2H3,(H,13,14)(H,15,16). The number of carboxylic acids is 1. The number of carbonyl (C=O) groups is 2. The van der Waals surface area contributed by atoms with Crippen LogP contribution in [-0.4, -0.2) is 23.6 Å². The van der Waals surface area contributed by atoms with Crippen LogP contribution in [0.2, 0.25) is 5.02 Å². The van der Waals surface area contributed by atoms with E-state index >= 15 is 0 Å². The third-order valence-corrected chi connectivity index (χ3v) is 2.22. The Labute approximate surface area is 103 Å². The van der Waals surface area contributed by atoms with Gasteiger partial charge in [0.15, 0.2) is 0 Å². The van der Waals surface area contributed by atoms with E-state index in [1.807, 2.05) is 0 Å². The predicted octanol–water partition coefficient (Wildman–Crippen LogP) is 2.40. The molecule has 1 aromatic carbocycles. The number of hydrogen-bond acceptors (Lipinski definition) is 3. The number of hydrogen-bond donors (Lipinski definition) is 2. The molecule has 6 heteroatoms. The number of anilines is 1. The molecule has 0 saturated carbocycles. The third kappa shape index (κ3) is 3.35. The Morgan fingerprint density at radius 3 is 2.59 bits per heavy atom. The Balaban J connectivity index is 3.25. The van der Waals surface area contributed by atoms with Crippen molar-refractivity contribution in [3.63, 3.8) is 0 Å². The molecule has 0 fully saturated rings. The van der Waals surface area contributed by atoms with Crippen LogP contribution in [0.25, 0.3) is 0 Å². The van der Waals surface area contributed by atoms with Crippen molar-refractivity contribution in [2.45, 2.75) is 13.8 Å². The Hall–Kier alpha value is -1.75. The lowest BCUT2D eigenvalue weighted by atomic mass is 10.2. The summed E-state index contributed by atoms with van der Waals surface area (Å²) in [5, 5.41) is 11.5. The molecule has 0 heterocycles. The second-order valence-corrected chi connectivity index (χ2v) is 3.65. The van der Waals surface area contributed by atoms with Gasteiger partial charge in [-0.05, 0) is 13.0 Å². The van der Waals surface area contributed by atoms with Gasteiger partial charge in [0.1, 0.15) is 5.75 Å². The number of amides is 1. The Morgan fingerprint density at radius 1 is 1.47 bits per heavy atom. The number of carbonyl (C=O) groups excluding carboxylic acids is 1. The summed E-state index contributed by atoms with van der Waals surface area (Å²) in [6, 6.07) is 2.65. The van der Waals surface area contributed by atoms with Gasteiger partial charge in [-0.3, -0.25) is 4.79 Å². The average molecular weight is 258 g/mol. The van der Waals surface area contributed by atoms with E-state index in [0.717, 1.165) is 0 Å². The van der Waals surface area contributed by atoms with Gasteiger partial charge in [-0.2, -0.15) is 0 Å². The summed E-state index contributed by atoms with van der Waals surface area (Å²) in [5.41, 5.74) is 0.208. The van der Waals surface area contributed by atoms with E-state index in [0.29, 0.717) is 18.0 Å². The highest BCUT2D eigenvalue weighted by Crippen LogP contribution is 2.31. The summed E-state index contributed by atoms with van der Waals surface area (Å²) in [6.07, 6.45) is 0. The van der Waals surface area contributed by atoms with Crippen molar-refractivity contribution in [3.8, 4) is 5.75 Å². The van der Waals surface area contributed by atoms with E-state index in [1.54, 1.807) is 6.92 Å². The fourth-order valence-corrected chi connectivity index (χ4v) is 1.52. The molecule has 0 spiro atoms. The number of benzene rings is 1. The fraction of sp³-hybridized carbons (Fsp3) is 0.273. The number of rotatable bonds is 4. The molecular formula is C11H12ClNO4. The van der Waals surface area contributed by atoms with Crippen LogP contribution in [0.3, 0.4) is 0 Å². The lowest BCUT2D eigenvalue weighted by Gasteiger charge is -2.12. The summed E-state index contributed by atoms with van der Waals surface area (Å²) in [7, 11) is 0. The summed E-state index contributed by atoms with van der Waals surface area (Å²) in [5.74, 6) is -1.13. The van der Waals surface area contributed by atoms with Crippen LogP contribution >= 0.6 is 11.6 Å². The van der Waals surface area contributed by atoms with E-state index in [4.69, 9.17) is 21.4 Å². The van der Waals surface area contributed by atoms with Gasteiger partial charge in [0.25, 0.3) is 0 Å². The molecule has 92 valence electrons. The van der Waals surface area contributed by atoms with Crippen molar-refractivity contribution in [1.29, 1.82) is 0 Å². The number of halogens is 1. The molecule has 0 saturated heterocycles. The zero-order valence-corrected chi connectivity index (χ0v) is 10.2. The van der Waals surface area contributed by atoms with Gasteiger partial charge in [0.2, 0.25) is 5.91 Å². The SMILES string of the molecule is CCOc1cc(Cl)c(C(=O)O)cc1NC(C)=O. The normalized spacial score (nSPS) is 9.82. The Kier molecular flexibility index (Phi) is 4.34. The van der Waals surface area contributed by atoms with Gasteiger partial charge in [0, 0.05) is 13.0 Å². The summed E-state index contributed by atoms with van der Waals surface area (Å²) in [6.45, 7) is 3.48. The highest BCUT2D eigenvalue weighted by Gasteiger charge is 2.15. The highest BCUT2D eigenvalue weighted by atomic mass is 35.5. The predicted molar refractivity (Wildman–Crippen MR) is 63.9 cm³/mol. The van der Waals surface area contributed by atoms with Gasteiger partial charge in [-0.25, -0.2) is 4.79 Å². The monoisotopic (exact) mass is 257 g/mol. The Bertz CT molecular complexity index is 459. The number of ether oxygens (including phenoxy) is 1. The van der Waals surface area contributed by atoms with E-state index in [1.165, 1.54) is 19.1 Å². The molecule has 0 aliphatic carbocycles.